The maximum Gasteiger partial charge on any atom is 0.305 e. The van der Waals surface area contributed by atoms with Crippen LogP contribution in [-0.2, 0) is 20.7 Å². The Morgan fingerprint density at radius 3 is 2.54 bits per heavy atom. The Morgan fingerprint density at radius 1 is 1.21 bits per heavy atom. The second-order valence-corrected chi connectivity index (χ2v) is 7.12. The van der Waals surface area contributed by atoms with E-state index in [9.17, 15) is 9.59 Å². The Morgan fingerprint density at radius 2 is 1.89 bits per heavy atom. The van der Waals surface area contributed by atoms with Gasteiger partial charge in [-0.15, -0.1) is 5.10 Å². The van der Waals surface area contributed by atoms with Crippen LogP contribution in [-0.4, -0.2) is 62.7 Å². The van der Waals surface area contributed by atoms with E-state index in [1.165, 1.54) is 0 Å². The minimum Gasteiger partial charge on any atom is -0.481 e. The van der Waals surface area contributed by atoms with Gasteiger partial charge in [-0.25, -0.2) is 4.68 Å². The lowest BCUT2D eigenvalue weighted by Gasteiger charge is -2.34. The highest BCUT2D eigenvalue weighted by Gasteiger charge is 2.27. The fourth-order valence-electron chi connectivity index (χ4n) is 3.42. The van der Waals surface area contributed by atoms with Gasteiger partial charge in [-0.2, -0.15) is 0 Å². The van der Waals surface area contributed by atoms with Gasteiger partial charge < -0.3 is 14.7 Å². The van der Waals surface area contributed by atoms with Gasteiger partial charge in [-0.3, -0.25) is 9.59 Å². The maximum absolute atomic E-state index is 13.0. The average molecular weight is 386 g/mol. The summed E-state index contributed by atoms with van der Waals surface area (Å²) in [5.74, 6) is -1.03. The van der Waals surface area contributed by atoms with Gasteiger partial charge in [0, 0.05) is 25.8 Å². The number of aryl methyl sites for hydroxylation is 1. The molecule has 2 aromatic rings. The van der Waals surface area contributed by atoms with Crippen LogP contribution >= 0.6 is 0 Å². The molecular weight excluding hydrogens is 360 g/mol. The summed E-state index contributed by atoms with van der Waals surface area (Å²) in [7, 11) is 0. The first-order valence-corrected chi connectivity index (χ1v) is 9.53. The molecule has 1 amide bonds. The van der Waals surface area contributed by atoms with Crippen LogP contribution in [0.1, 0.15) is 36.2 Å². The third kappa shape index (κ3) is 4.75. The number of aromatic nitrogens is 3. The number of carbonyl (C=O) groups excluding carboxylic acids is 1. The van der Waals surface area contributed by atoms with Crippen LogP contribution in [0.15, 0.2) is 24.3 Å². The fourth-order valence-corrected chi connectivity index (χ4v) is 3.42. The fraction of sp³-hybridized carbons (Fsp3) is 0.500. The number of benzene rings is 1. The Hall–Kier alpha value is -2.74. The molecule has 2 heterocycles. The minimum atomic E-state index is -0.911. The van der Waals surface area contributed by atoms with Crippen LogP contribution < -0.4 is 0 Å². The van der Waals surface area contributed by atoms with Crippen LogP contribution in [0, 0.1) is 13.8 Å². The molecule has 1 aromatic carbocycles. The maximum atomic E-state index is 13.0. The number of carbonyl (C=O) groups is 2. The highest BCUT2D eigenvalue weighted by molar-refractivity contribution is 5.79. The van der Waals surface area contributed by atoms with Crippen molar-refractivity contribution in [1.82, 2.24) is 19.9 Å². The standard InChI is InChI=1S/C20H26N4O4/c1-14-3-5-17(6-4-14)24-15(2)18(21-22-24)13-19(25)23(10-7-20(26)27)16-8-11-28-12-9-16/h3-6,16H,7-13H2,1-2H3,(H,26,27). The predicted octanol–water partition coefficient (Wildman–Crippen LogP) is 1.91. The highest BCUT2D eigenvalue weighted by atomic mass is 16.5. The predicted molar refractivity (Wildman–Crippen MR) is 102 cm³/mol. The zero-order chi connectivity index (χ0) is 20.1. The van der Waals surface area contributed by atoms with Gasteiger partial charge in [0.25, 0.3) is 0 Å². The summed E-state index contributed by atoms with van der Waals surface area (Å²) in [6, 6.07) is 7.93. The summed E-state index contributed by atoms with van der Waals surface area (Å²) < 4.78 is 7.09. The van der Waals surface area contributed by atoms with Crippen molar-refractivity contribution in [2.24, 2.45) is 0 Å². The molecule has 28 heavy (non-hydrogen) atoms. The number of rotatable bonds is 7. The quantitative estimate of drug-likeness (QED) is 0.781. The van der Waals surface area contributed by atoms with Crippen molar-refractivity contribution in [3.63, 3.8) is 0 Å². The molecule has 3 rings (SSSR count). The van der Waals surface area contributed by atoms with E-state index in [4.69, 9.17) is 9.84 Å². The van der Waals surface area contributed by atoms with E-state index >= 15 is 0 Å². The van der Waals surface area contributed by atoms with E-state index in [0.717, 1.165) is 29.8 Å². The van der Waals surface area contributed by atoms with Gasteiger partial charge in [-0.1, -0.05) is 22.9 Å². The van der Waals surface area contributed by atoms with Crippen LogP contribution in [0.4, 0.5) is 0 Å². The molecule has 1 aromatic heterocycles. The van der Waals surface area contributed by atoms with E-state index < -0.39 is 5.97 Å². The van der Waals surface area contributed by atoms with Crippen LogP contribution in [0.25, 0.3) is 5.69 Å². The van der Waals surface area contributed by atoms with Gasteiger partial charge in [0.15, 0.2) is 0 Å². The SMILES string of the molecule is Cc1ccc(-n2nnc(CC(=O)N(CCC(=O)O)C3CCOCC3)c2C)cc1. The van der Waals surface area contributed by atoms with E-state index in [1.807, 2.05) is 38.1 Å². The number of carboxylic acid groups (broad SMARTS) is 1. The third-order valence-electron chi connectivity index (χ3n) is 5.11. The normalized spacial score (nSPS) is 14.8. The van der Waals surface area contributed by atoms with Gasteiger partial charge in [0.05, 0.1) is 29.9 Å². The van der Waals surface area contributed by atoms with E-state index in [0.29, 0.717) is 18.9 Å². The third-order valence-corrected chi connectivity index (χ3v) is 5.11. The molecule has 1 aliphatic heterocycles. The number of ether oxygens (including phenoxy) is 1. The van der Waals surface area contributed by atoms with Crippen molar-refractivity contribution < 1.29 is 19.4 Å². The van der Waals surface area contributed by atoms with Crippen molar-refractivity contribution in [2.45, 2.75) is 45.6 Å². The molecule has 0 saturated carbocycles. The number of amides is 1. The topological polar surface area (TPSA) is 97.6 Å². The lowest BCUT2D eigenvalue weighted by Crippen LogP contribution is -2.45. The number of hydrogen-bond donors (Lipinski definition) is 1. The van der Waals surface area contributed by atoms with Gasteiger partial charge >= 0.3 is 5.97 Å². The summed E-state index contributed by atoms with van der Waals surface area (Å²) in [5.41, 5.74) is 3.46. The largest absolute Gasteiger partial charge is 0.481 e. The lowest BCUT2D eigenvalue weighted by atomic mass is 10.1. The molecule has 0 bridgehead atoms. The molecule has 150 valence electrons. The van der Waals surface area contributed by atoms with E-state index in [2.05, 4.69) is 10.3 Å². The zero-order valence-corrected chi connectivity index (χ0v) is 16.3. The van der Waals surface area contributed by atoms with Gasteiger partial charge in [0.2, 0.25) is 5.91 Å². The summed E-state index contributed by atoms with van der Waals surface area (Å²) in [6.45, 7) is 5.28. The summed E-state index contributed by atoms with van der Waals surface area (Å²) in [4.78, 5) is 25.7. The van der Waals surface area contributed by atoms with E-state index in [1.54, 1.807) is 9.58 Å². The number of hydrogen-bond acceptors (Lipinski definition) is 5. The molecule has 0 atom stereocenters. The number of aliphatic carboxylic acids is 1. The van der Waals surface area contributed by atoms with Crippen molar-refractivity contribution in [3.8, 4) is 5.69 Å². The first kappa shape index (κ1) is 20.0. The summed E-state index contributed by atoms with van der Waals surface area (Å²) >= 11 is 0. The molecule has 8 heteroatoms. The average Bonchev–Trinajstić information content (AvgIpc) is 3.03. The number of carboxylic acids is 1. The van der Waals surface area contributed by atoms with Crippen molar-refractivity contribution in [3.05, 3.63) is 41.2 Å². The van der Waals surface area contributed by atoms with E-state index in [-0.39, 0.29) is 31.3 Å². The molecule has 8 nitrogen and oxygen atoms in total. The van der Waals surface area contributed by atoms with Crippen molar-refractivity contribution >= 4 is 11.9 Å². The Kier molecular flexibility index (Phi) is 6.41. The molecule has 0 unspecified atom stereocenters. The van der Waals surface area contributed by atoms with Crippen LogP contribution in [0.2, 0.25) is 0 Å². The molecule has 1 N–H and O–H groups in total. The zero-order valence-electron chi connectivity index (χ0n) is 16.3. The Bertz CT molecular complexity index is 825. The summed E-state index contributed by atoms with van der Waals surface area (Å²) in [5, 5.41) is 17.4. The molecule has 0 aliphatic carbocycles. The first-order valence-electron chi connectivity index (χ1n) is 9.53. The Labute approximate surface area is 164 Å². The molecular formula is C20H26N4O4. The molecule has 1 saturated heterocycles. The first-order chi connectivity index (χ1) is 13.5. The highest BCUT2D eigenvalue weighted by Crippen LogP contribution is 2.18. The van der Waals surface area contributed by atoms with Crippen molar-refractivity contribution in [1.29, 1.82) is 0 Å². The van der Waals surface area contributed by atoms with Gasteiger partial charge in [-0.05, 0) is 38.8 Å². The number of nitrogens with zero attached hydrogens (tertiary/aromatic N) is 4. The van der Waals surface area contributed by atoms with Crippen molar-refractivity contribution in [2.75, 3.05) is 19.8 Å². The molecule has 1 aliphatic rings. The molecule has 0 spiro atoms. The second-order valence-electron chi connectivity index (χ2n) is 7.12. The monoisotopic (exact) mass is 386 g/mol. The summed E-state index contributed by atoms with van der Waals surface area (Å²) in [6.07, 6.45) is 1.48. The Balaban J connectivity index is 1.75. The lowest BCUT2D eigenvalue weighted by molar-refractivity contribution is -0.140. The van der Waals surface area contributed by atoms with Crippen LogP contribution in [0.3, 0.4) is 0 Å². The van der Waals surface area contributed by atoms with Gasteiger partial charge in [0.1, 0.15) is 0 Å². The molecule has 1 fully saturated rings. The smallest absolute Gasteiger partial charge is 0.305 e. The molecule has 0 radical (unpaired) electrons. The van der Waals surface area contributed by atoms with Crippen LogP contribution in [0.5, 0.6) is 0 Å². The second kappa shape index (κ2) is 8.97. The minimum absolute atomic E-state index is 0.00745.